The van der Waals surface area contributed by atoms with Gasteiger partial charge in [0.1, 0.15) is 0 Å². The number of carbonyl (C=O) groups is 2. The van der Waals surface area contributed by atoms with Crippen LogP contribution >= 0.6 is 0 Å². The molecule has 0 bridgehead atoms. The minimum Gasteiger partial charge on any atom is -0.478 e. The van der Waals surface area contributed by atoms with Crippen molar-refractivity contribution in [2.45, 2.75) is 6.54 Å². The number of nitrogens with one attached hydrogen (secondary N) is 1. The number of hydrogen-bond donors (Lipinski definition) is 2. The average Bonchev–Trinajstić information content (AvgIpc) is 2.65. The van der Waals surface area contributed by atoms with Crippen LogP contribution in [-0.4, -0.2) is 17.0 Å². The van der Waals surface area contributed by atoms with Gasteiger partial charge in [0, 0.05) is 12.1 Å². The topological polar surface area (TPSA) is 66.4 Å². The van der Waals surface area contributed by atoms with E-state index >= 15 is 0 Å². The minimum absolute atomic E-state index is 0.218. The zero-order chi connectivity index (χ0) is 17.8. The SMILES string of the molecule is C=C(C(=O)NCc1ccc(C(=O)O)cc1)c1ccc2ccccc2c1. The Morgan fingerprint density at radius 1 is 0.880 bits per heavy atom. The molecule has 0 aliphatic rings. The molecule has 0 aromatic heterocycles. The Balaban J connectivity index is 1.67. The third-order valence-corrected chi connectivity index (χ3v) is 4.03. The number of carboxylic acid groups (broad SMARTS) is 1. The van der Waals surface area contributed by atoms with Crippen LogP contribution in [0.2, 0.25) is 0 Å². The summed E-state index contributed by atoms with van der Waals surface area (Å²) >= 11 is 0. The molecule has 3 rings (SSSR count). The molecule has 0 heterocycles. The van der Waals surface area contributed by atoms with E-state index in [0.717, 1.165) is 21.9 Å². The van der Waals surface area contributed by atoms with Crippen molar-refractivity contribution in [2.24, 2.45) is 0 Å². The highest BCUT2D eigenvalue weighted by Gasteiger charge is 2.10. The summed E-state index contributed by atoms with van der Waals surface area (Å²) in [6, 6.07) is 20.1. The fourth-order valence-electron chi connectivity index (χ4n) is 2.56. The first-order chi connectivity index (χ1) is 12.0. The van der Waals surface area contributed by atoms with E-state index in [0.29, 0.717) is 12.1 Å². The van der Waals surface area contributed by atoms with Gasteiger partial charge in [0.15, 0.2) is 0 Å². The van der Waals surface area contributed by atoms with Gasteiger partial charge in [0.05, 0.1) is 5.56 Å². The second-order valence-corrected chi connectivity index (χ2v) is 5.73. The predicted octanol–water partition coefficient (Wildman–Crippen LogP) is 3.87. The van der Waals surface area contributed by atoms with Crippen molar-refractivity contribution in [3.8, 4) is 0 Å². The molecule has 3 aromatic carbocycles. The molecule has 4 heteroatoms. The van der Waals surface area contributed by atoms with Crippen LogP contribution in [0, 0.1) is 0 Å². The van der Waals surface area contributed by atoms with Crippen molar-refractivity contribution < 1.29 is 14.7 Å². The van der Waals surface area contributed by atoms with Crippen LogP contribution in [-0.2, 0) is 11.3 Å². The van der Waals surface area contributed by atoms with Crippen molar-refractivity contribution in [1.29, 1.82) is 0 Å². The number of fused-ring (bicyclic) bond motifs is 1. The van der Waals surface area contributed by atoms with E-state index in [2.05, 4.69) is 11.9 Å². The summed E-state index contributed by atoms with van der Waals surface area (Å²) in [5, 5.41) is 13.9. The molecule has 2 N–H and O–H groups in total. The van der Waals surface area contributed by atoms with Crippen LogP contribution in [0.4, 0.5) is 0 Å². The fraction of sp³-hybridized carbons (Fsp3) is 0.0476. The summed E-state index contributed by atoms with van der Waals surface area (Å²) in [6.45, 7) is 4.20. The Morgan fingerprint density at radius 2 is 1.52 bits per heavy atom. The lowest BCUT2D eigenvalue weighted by Crippen LogP contribution is -2.23. The van der Waals surface area contributed by atoms with Gasteiger partial charge in [0.2, 0.25) is 0 Å². The van der Waals surface area contributed by atoms with Crippen LogP contribution < -0.4 is 5.32 Å². The zero-order valence-electron chi connectivity index (χ0n) is 13.5. The first-order valence-electron chi connectivity index (χ1n) is 7.83. The van der Waals surface area contributed by atoms with Crippen molar-refractivity contribution in [3.05, 3.63) is 90.0 Å². The van der Waals surface area contributed by atoms with Crippen LogP contribution in [0.5, 0.6) is 0 Å². The molecule has 0 aliphatic heterocycles. The Hall–Kier alpha value is -3.40. The number of carbonyl (C=O) groups excluding carboxylic acids is 1. The van der Waals surface area contributed by atoms with Crippen molar-refractivity contribution >= 4 is 28.2 Å². The van der Waals surface area contributed by atoms with Gasteiger partial charge < -0.3 is 10.4 Å². The van der Waals surface area contributed by atoms with E-state index in [-0.39, 0.29) is 11.5 Å². The number of aromatic carboxylic acids is 1. The maximum atomic E-state index is 12.3. The van der Waals surface area contributed by atoms with Gasteiger partial charge in [-0.05, 0) is 40.1 Å². The normalized spacial score (nSPS) is 10.4. The molecule has 4 nitrogen and oxygen atoms in total. The van der Waals surface area contributed by atoms with E-state index in [1.165, 1.54) is 12.1 Å². The van der Waals surface area contributed by atoms with Gasteiger partial charge in [-0.3, -0.25) is 4.79 Å². The molecule has 25 heavy (non-hydrogen) atoms. The maximum absolute atomic E-state index is 12.3. The van der Waals surface area contributed by atoms with Gasteiger partial charge in [-0.25, -0.2) is 4.79 Å². The van der Waals surface area contributed by atoms with Crippen LogP contribution in [0.25, 0.3) is 16.3 Å². The summed E-state index contributed by atoms with van der Waals surface area (Å²) in [5.41, 5.74) is 2.21. The van der Waals surface area contributed by atoms with Crippen molar-refractivity contribution in [3.63, 3.8) is 0 Å². The van der Waals surface area contributed by atoms with Crippen molar-refractivity contribution in [2.75, 3.05) is 0 Å². The largest absolute Gasteiger partial charge is 0.478 e. The number of benzene rings is 3. The lowest BCUT2D eigenvalue weighted by Gasteiger charge is -2.09. The van der Waals surface area contributed by atoms with Gasteiger partial charge in [-0.2, -0.15) is 0 Å². The molecule has 0 unspecified atom stereocenters. The molecule has 0 radical (unpaired) electrons. The summed E-state index contributed by atoms with van der Waals surface area (Å²) in [4.78, 5) is 23.2. The molecule has 3 aromatic rings. The second-order valence-electron chi connectivity index (χ2n) is 5.73. The van der Waals surface area contributed by atoms with Gasteiger partial charge in [-0.1, -0.05) is 55.1 Å². The number of amides is 1. The Morgan fingerprint density at radius 3 is 2.20 bits per heavy atom. The van der Waals surface area contributed by atoms with Crippen LogP contribution in [0.15, 0.2) is 73.3 Å². The van der Waals surface area contributed by atoms with Crippen LogP contribution in [0.1, 0.15) is 21.5 Å². The molecule has 1 amide bonds. The quantitative estimate of drug-likeness (QED) is 0.698. The second kappa shape index (κ2) is 7.01. The number of carboxylic acids is 1. The molecule has 124 valence electrons. The van der Waals surface area contributed by atoms with E-state index in [1.807, 2.05) is 42.5 Å². The standard InChI is InChI=1S/C21H17NO3/c1-14(18-11-10-16-4-2-3-5-19(16)12-18)20(23)22-13-15-6-8-17(9-7-15)21(24)25/h2-12H,1,13H2,(H,22,23)(H,24,25). The van der Waals surface area contributed by atoms with E-state index in [9.17, 15) is 9.59 Å². The molecule has 0 spiro atoms. The highest BCUT2D eigenvalue weighted by atomic mass is 16.4. The Bertz CT molecular complexity index is 958. The molecular formula is C21H17NO3. The number of rotatable bonds is 5. The van der Waals surface area contributed by atoms with Crippen LogP contribution in [0.3, 0.4) is 0 Å². The van der Waals surface area contributed by atoms with Gasteiger partial charge >= 0.3 is 5.97 Å². The first kappa shape index (κ1) is 16.5. The third-order valence-electron chi connectivity index (χ3n) is 4.03. The van der Waals surface area contributed by atoms with Crippen molar-refractivity contribution in [1.82, 2.24) is 5.32 Å². The molecular weight excluding hydrogens is 314 g/mol. The van der Waals surface area contributed by atoms with E-state index in [1.54, 1.807) is 12.1 Å². The number of hydrogen-bond acceptors (Lipinski definition) is 2. The minimum atomic E-state index is -0.972. The first-order valence-corrected chi connectivity index (χ1v) is 7.83. The predicted molar refractivity (Wildman–Crippen MR) is 98.2 cm³/mol. The smallest absolute Gasteiger partial charge is 0.335 e. The summed E-state index contributed by atoms with van der Waals surface area (Å²) in [6.07, 6.45) is 0. The summed E-state index contributed by atoms with van der Waals surface area (Å²) in [5.74, 6) is -1.22. The maximum Gasteiger partial charge on any atom is 0.335 e. The highest BCUT2D eigenvalue weighted by Crippen LogP contribution is 2.20. The van der Waals surface area contributed by atoms with E-state index < -0.39 is 5.97 Å². The highest BCUT2D eigenvalue weighted by molar-refractivity contribution is 6.19. The molecule has 0 aliphatic carbocycles. The third kappa shape index (κ3) is 3.75. The average molecular weight is 331 g/mol. The van der Waals surface area contributed by atoms with Gasteiger partial charge in [0.25, 0.3) is 5.91 Å². The van der Waals surface area contributed by atoms with Gasteiger partial charge in [-0.15, -0.1) is 0 Å². The zero-order valence-corrected chi connectivity index (χ0v) is 13.5. The summed E-state index contributed by atoms with van der Waals surface area (Å²) in [7, 11) is 0. The van der Waals surface area contributed by atoms with E-state index in [4.69, 9.17) is 5.11 Å². The molecule has 0 atom stereocenters. The lowest BCUT2D eigenvalue weighted by atomic mass is 10.0. The Labute approximate surface area is 145 Å². The monoisotopic (exact) mass is 331 g/mol. The molecule has 0 saturated heterocycles. The molecule has 0 fully saturated rings. The summed E-state index contributed by atoms with van der Waals surface area (Å²) < 4.78 is 0. The lowest BCUT2D eigenvalue weighted by molar-refractivity contribution is -0.115. The molecule has 0 saturated carbocycles. The Kier molecular flexibility index (Phi) is 4.61. The fourth-order valence-corrected chi connectivity index (χ4v) is 2.56.